The molecule has 0 spiro atoms. The summed E-state index contributed by atoms with van der Waals surface area (Å²) in [4.78, 5) is 72.1. The van der Waals surface area contributed by atoms with Crippen LogP contribution in [-0.4, -0.2) is 96.7 Å². The second kappa shape index (κ2) is 52.4. The van der Waals surface area contributed by atoms with Crippen molar-refractivity contribution in [3.05, 3.63) is 0 Å². The second-order valence-electron chi connectivity index (χ2n) is 24.3. The van der Waals surface area contributed by atoms with Crippen molar-refractivity contribution in [2.24, 2.45) is 23.7 Å². The quantitative estimate of drug-likeness (QED) is 0.0222. The summed E-state index contributed by atoms with van der Waals surface area (Å²) in [6, 6.07) is 0. The molecule has 0 radical (unpaired) electrons. The molecule has 0 aromatic heterocycles. The van der Waals surface area contributed by atoms with Crippen molar-refractivity contribution < 1.29 is 80.2 Å². The maximum atomic E-state index is 12.9. The molecule has 0 amide bonds. The number of hydrogen-bond acceptors (Lipinski definition) is 15. The predicted molar refractivity (Wildman–Crippen MR) is 321 cm³/mol. The average molecular weight is 1200 g/mol. The van der Waals surface area contributed by atoms with Crippen LogP contribution in [0.25, 0.3) is 0 Å². The highest BCUT2D eigenvalue weighted by Crippen LogP contribution is 2.45. The summed E-state index contributed by atoms with van der Waals surface area (Å²) >= 11 is 0. The van der Waals surface area contributed by atoms with Crippen LogP contribution in [0.5, 0.6) is 0 Å². The highest BCUT2D eigenvalue weighted by Gasteiger charge is 2.30. The minimum absolute atomic E-state index is 0.102. The SMILES string of the molecule is CC(C)CCCCCCCCCCC(=O)OC[C@H](COP(=O)(O)OC[C@@H](O)COP(=O)(O)OC[C@@H](COC(=O)CCCCCCCCC(C)C)OC(=O)CCCCCCCCCC(C)C)OC(=O)CCCCCCCCCCC(C)C. The monoisotopic (exact) mass is 1200 g/mol. The molecule has 0 aromatic rings. The summed E-state index contributed by atoms with van der Waals surface area (Å²) in [7, 11) is -9.88. The topological polar surface area (TPSA) is 237 Å². The molecule has 0 aliphatic rings. The van der Waals surface area contributed by atoms with Gasteiger partial charge in [0.2, 0.25) is 0 Å². The summed E-state index contributed by atoms with van der Waals surface area (Å²) in [5.74, 6) is 0.673. The lowest BCUT2D eigenvalue weighted by Gasteiger charge is -2.21. The zero-order valence-corrected chi connectivity index (χ0v) is 54.2. The van der Waals surface area contributed by atoms with Gasteiger partial charge in [0, 0.05) is 25.7 Å². The summed E-state index contributed by atoms with van der Waals surface area (Å²) in [6.07, 6.45) is 31.1. The molecule has 480 valence electrons. The Morgan fingerprint density at radius 1 is 0.309 bits per heavy atom. The zero-order chi connectivity index (χ0) is 60.4. The first-order valence-corrected chi connectivity index (χ1v) is 35.2. The van der Waals surface area contributed by atoms with E-state index in [4.69, 9.17) is 37.0 Å². The first kappa shape index (κ1) is 79.1. The van der Waals surface area contributed by atoms with Gasteiger partial charge in [-0.15, -0.1) is 0 Å². The van der Waals surface area contributed by atoms with E-state index in [-0.39, 0.29) is 25.7 Å². The van der Waals surface area contributed by atoms with Crippen molar-refractivity contribution in [3.63, 3.8) is 0 Å². The molecule has 17 nitrogen and oxygen atoms in total. The van der Waals surface area contributed by atoms with Crippen LogP contribution < -0.4 is 0 Å². The van der Waals surface area contributed by atoms with Gasteiger partial charge in [0.25, 0.3) is 0 Å². The number of ether oxygens (including phenoxy) is 4. The molecule has 0 bridgehead atoms. The molecule has 0 aliphatic heterocycles. The standard InChI is InChI=1S/C62H120O17P2/c1-52(2)38-30-22-14-9-11-17-26-34-42-59(64)72-48-57(78-61(66)44-36-28-18-12-10-15-23-31-39-53(3)4)50-76-80(68,69)74-46-56(63)47-75-81(70,71)77-51-58(49-73-60(65)43-35-27-21-20-25-33-41-55(7)8)79-62(67)45-37-29-19-13-16-24-32-40-54(5)6/h52-58,63H,9-51H2,1-8H3,(H,68,69)(H,70,71)/t56-,57-,58-/m1/s1. The van der Waals surface area contributed by atoms with Gasteiger partial charge in [-0.25, -0.2) is 9.13 Å². The molecule has 19 heteroatoms. The Kier molecular flexibility index (Phi) is 51.1. The predicted octanol–water partition coefficient (Wildman–Crippen LogP) is 16.6. The van der Waals surface area contributed by atoms with Crippen LogP contribution in [-0.2, 0) is 65.4 Å². The van der Waals surface area contributed by atoms with Crippen molar-refractivity contribution in [3.8, 4) is 0 Å². The Morgan fingerprint density at radius 3 is 0.765 bits per heavy atom. The van der Waals surface area contributed by atoms with Crippen molar-refractivity contribution in [2.75, 3.05) is 39.6 Å². The molecule has 0 saturated heterocycles. The fourth-order valence-electron chi connectivity index (χ4n) is 9.08. The van der Waals surface area contributed by atoms with E-state index < -0.39 is 97.5 Å². The van der Waals surface area contributed by atoms with Crippen molar-refractivity contribution >= 4 is 39.5 Å². The first-order valence-electron chi connectivity index (χ1n) is 32.2. The number of phosphoric acid groups is 2. The van der Waals surface area contributed by atoms with Gasteiger partial charge in [-0.3, -0.25) is 37.3 Å². The summed E-state index contributed by atoms with van der Waals surface area (Å²) in [6.45, 7) is 13.8. The van der Waals surface area contributed by atoms with Crippen molar-refractivity contribution in [1.82, 2.24) is 0 Å². The van der Waals surface area contributed by atoms with E-state index in [1.165, 1.54) is 89.9 Å². The van der Waals surface area contributed by atoms with Crippen LogP contribution in [0.4, 0.5) is 0 Å². The van der Waals surface area contributed by atoms with E-state index in [0.717, 1.165) is 108 Å². The van der Waals surface area contributed by atoms with Gasteiger partial charge in [0.1, 0.15) is 19.3 Å². The van der Waals surface area contributed by atoms with E-state index in [1.807, 2.05) is 0 Å². The van der Waals surface area contributed by atoms with Crippen molar-refractivity contribution in [2.45, 2.75) is 311 Å². The van der Waals surface area contributed by atoms with E-state index >= 15 is 0 Å². The van der Waals surface area contributed by atoms with Crippen LogP contribution in [0.1, 0.15) is 293 Å². The van der Waals surface area contributed by atoms with Gasteiger partial charge < -0.3 is 33.8 Å². The summed E-state index contributed by atoms with van der Waals surface area (Å²) < 4.78 is 67.8. The Hall–Kier alpha value is -1.94. The Bertz CT molecular complexity index is 1630. The van der Waals surface area contributed by atoms with E-state index in [1.54, 1.807) is 0 Å². The molecule has 2 unspecified atom stereocenters. The molecule has 0 aromatic carbocycles. The lowest BCUT2D eigenvalue weighted by atomic mass is 10.0. The summed E-state index contributed by atoms with van der Waals surface area (Å²) in [5, 5.41) is 10.5. The Balaban J connectivity index is 5.25. The van der Waals surface area contributed by atoms with Crippen LogP contribution in [0.3, 0.4) is 0 Å². The number of carbonyl (C=O) groups is 4. The first-order chi connectivity index (χ1) is 38.6. The van der Waals surface area contributed by atoms with Crippen LogP contribution >= 0.6 is 15.6 Å². The molecule has 0 heterocycles. The van der Waals surface area contributed by atoms with Crippen LogP contribution in [0.2, 0.25) is 0 Å². The number of aliphatic hydroxyl groups excluding tert-OH is 1. The van der Waals surface area contributed by atoms with Gasteiger partial charge in [-0.05, 0) is 49.4 Å². The third-order valence-electron chi connectivity index (χ3n) is 14.1. The highest BCUT2D eigenvalue weighted by molar-refractivity contribution is 7.47. The number of carbonyl (C=O) groups excluding carboxylic acids is 4. The molecule has 0 saturated carbocycles. The maximum absolute atomic E-state index is 12.9. The Morgan fingerprint density at radius 2 is 0.519 bits per heavy atom. The molecular weight excluding hydrogens is 1080 g/mol. The van der Waals surface area contributed by atoms with Crippen molar-refractivity contribution in [1.29, 1.82) is 0 Å². The average Bonchev–Trinajstić information content (AvgIpc) is 3.40. The van der Waals surface area contributed by atoms with Gasteiger partial charge in [-0.1, -0.05) is 242 Å². The minimum atomic E-state index is -4.94. The molecule has 0 rings (SSSR count). The molecular formula is C62H120O17P2. The lowest BCUT2D eigenvalue weighted by Crippen LogP contribution is -2.30. The molecule has 0 fully saturated rings. The normalized spacial score (nSPS) is 14.5. The second-order valence-corrected chi connectivity index (χ2v) is 27.3. The summed E-state index contributed by atoms with van der Waals surface area (Å²) in [5.41, 5.74) is 0. The molecule has 81 heavy (non-hydrogen) atoms. The largest absolute Gasteiger partial charge is 0.472 e. The van der Waals surface area contributed by atoms with Crippen LogP contribution in [0, 0.1) is 23.7 Å². The number of aliphatic hydroxyl groups is 1. The molecule has 3 N–H and O–H groups in total. The highest BCUT2D eigenvalue weighted by atomic mass is 31.2. The van der Waals surface area contributed by atoms with E-state index in [2.05, 4.69) is 55.4 Å². The number of phosphoric ester groups is 2. The minimum Gasteiger partial charge on any atom is -0.462 e. The van der Waals surface area contributed by atoms with Crippen LogP contribution in [0.15, 0.2) is 0 Å². The van der Waals surface area contributed by atoms with Gasteiger partial charge in [0.05, 0.1) is 26.4 Å². The fourth-order valence-corrected chi connectivity index (χ4v) is 10.7. The van der Waals surface area contributed by atoms with Gasteiger partial charge >= 0.3 is 39.5 Å². The van der Waals surface area contributed by atoms with E-state index in [0.29, 0.717) is 37.5 Å². The smallest absolute Gasteiger partial charge is 0.462 e. The fraction of sp³-hybridized carbons (Fsp3) is 0.935. The molecule has 0 aliphatic carbocycles. The third kappa shape index (κ3) is 56.9. The zero-order valence-electron chi connectivity index (χ0n) is 52.4. The third-order valence-corrected chi connectivity index (χ3v) is 16.0. The number of hydrogen-bond donors (Lipinski definition) is 3. The van der Waals surface area contributed by atoms with Gasteiger partial charge in [-0.2, -0.15) is 0 Å². The molecule has 5 atom stereocenters. The van der Waals surface area contributed by atoms with E-state index in [9.17, 15) is 43.2 Å². The maximum Gasteiger partial charge on any atom is 0.472 e. The number of rotatable bonds is 59. The lowest BCUT2D eigenvalue weighted by molar-refractivity contribution is -0.161. The number of esters is 4. The Labute approximate surface area is 492 Å². The number of unbranched alkanes of at least 4 members (excludes halogenated alkanes) is 25. The van der Waals surface area contributed by atoms with Gasteiger partial charge in [0.15, 0.2) is 12.2 Å².